The van der Waals surface area contributed by atoms with Crippen LogP contribution in [0.4, 0.5) is 5.69 Å². The number of nitrogens with one attached hydrogen (secondary N) is 1. The molecule has 0 aliphatic rings. The second-order valence-corrected chi connectivity index (χ2v) is 4.83. The number of benzene rings is 1. The van der Waals surface area contributed by atoms with Gasteiger partial charge in [-0.3, -0.25) is 4.21 Å². The van der Waals surface area contributed by atoms with Crippen LogP contribution in [0.1, 0.15) is 25.0 Å². The van der Waals surface area contributed by atoms with Gasteiger partial charge >= 0.3 is 0 Å². The Morgan fingerprint density at radius 1 is 1.53 bits per heavy atom. The van der Waals surface area contributed by atoms with E-state index in [1.165, 1.54) is 4.90 Å². The first-order chi connectivity index (χ1) is 8.45. The third-order valence-corrected chi connectivity index (χ3v) is 2.79. The topological polar surface area (TPSA) is 72.5 Å². The van der Waals surface area contributed by atoms with Gasteiger partial charge in [0.05, 0.1) is 6.41 Å². The number of hydrogen-bond acceptors (Lipinski definition) is 3. The summed E-state index contributed by atoms with van der Waals surface area (Å²) < 4.78 is 23.0. The number of nitrogens with zero attached hydrogens (tertiary/aromatic N) is 1. The third-order valence-electron chi connectivity index (χ3n) is 2.41. The largest absolute Gasteiger partial charge is 0.760 e. The van der Waals surface area contributed by atoms with Crippen molar-refractivity contribution in [1.29, 1.82) is 0 Å². The zero-order valence-electron chi connectivity index (χ0n) is 10.9. The third kappa shape index (κ3) is 5.71. The zero-order chi connectivity index (χ0) is 13.7. The summed E-state index contributed by atoms with van der Waals surface area (Å²) in [4.78, 5) is 12.3. The van der Waals surface area contributed by atoms with Gasteiger partial charge in [0.25, 0.3) is 0 Å². The van der Waals surface area contributed by atoms with E-state index in [0.29, 0.717) is 11.3 Å². The van der Waals surface area contributed by atoms with Gasteiger partial charge in [-0.25, -0.2) is 17.2 Å². The Morgan fingerprint density at radius 2 is 2.16 bits per heavy atom. The Labute approximate surface area is 141 Å². The van der Waals surface area contributed by atoms with Gasteiger partial charge in [-0.15, -0.1) is 11.8 Å². The van der Waals surface area contributed by atoms with Crippen LogP contribution >= 0.6 is 0 Å². The van der Waals surface area contributed by atoms with E-state index in [1.54, 1.807) is 18.2 Å². The van der Waals surface area contributed by atoms with E-state index >= 15 is 0 Å². The molecule has 0 fully saturated rings. The summed E-state index contributed by atoms with van der Waals surface area (Å²) in [5, 5.41) is 0. The van der Waals surface area contributed by atoms with Gasteiger partial charge in [-0.2, -0.15) is 6.07 Å². The van der Waals surface area contributed by atoms with Crippen molar-refractivity contribution in [3.8, 4) is 0 Å². The Kier molecular flexibility index (Phi) is 8.69. The minimum Gasteiger partial charge on any atom is -0.760 e. The molecule has 0 bridgehead atoms. The summed E-state index contributed by atoms with van der Waals surface area (Å²) in [7, 11) is 0. The minimum absolute atomic E-state index is 0. The van der Waals surface area contributed by atoms with Crippen molar-refractivity contribution in [2.45, 2.75) is 26.4 Å². The van der Waals surface area contributed by atoms with Crippen LogP contribution < -0.4 is 9.62 Å². The van der Waals surface area contributed by atoms with Gasteiger partial charge in [0.15, 0.2) is 0 Å². The predicted molar refractivity (Wildman–Crippen MR) is 70.0 cm³/mol. The molecule has 0 saturated heterocycles. The Morgan fingerprint density at radius 3 is 2.58 bits per heavy atom. The van der Waals surface area contributed by atoms with Crippen LogP contribution in [0.2, 0.25) is 0 Å². The second-order valence-electron chi connectivity index (χ2n) is 4.07. The Bertz CT molecular complexity index is 455. The Balaban J connectivity index is 0.00000324. The van der Waals surface area contributed by atoms with E-state index in [1.807, 2.05) is 20.3 Å². The van der Waals surface area contributed by atoms with Gasteiger partial charge in [-0.1, -0.05) is 11.6 Å². The van der Waals surface area contributed by atoms with Crippen molar-refractivity contribution < 1.29 is 46.3 Å². The average Bonchev–Trinajstić information content (AvgIpc) is 2.29. The van der Waals surface area contributed by atoms with Gasteiger partial charge in [0.2, 0.25) is 0 Å². The fraction of sp³-hybridized carbons (Fsp3) is 0.333. The van der Waals surface area contributed by atoms with E-state index < -0.39 is 11.3 Å². The molecule has 1 amide bonds. The van der Waals surface area contributed by atoms with Crippen LogP contribution in [0.25, 0.3) is 0 Å². The summed E-state index contributed by atoms with van der Waals surface area (Å²) in [5.74, 6) is 0. The summed E-state index contributed by atoms with van der Waals surface area (Å²) in [5.41, 5.74) is 2.11. The van der Waals surface area contributed by atoms with Crippen LogP contribution in [0.5, 0.6) is 0 Å². The molecule has 0 spiro atoms. The zero-order valence-corrected chi connectivity index (χ0v) is 14.5. The molecule has 0 saturated carbocycles. The summed E-state index contributed by atoms with van der Waals surface area (Å²) in [6.45, 7) is 7.81. The Hall–Kier alpha value is -0.266. The number of amides is 1. The molecule has 1 aromatic carbocycles. The van der Waals surface area contributed by atoms with Crippen molar-refractivity contribution in [1.82, 2.24) is 4.72 Å². The molecule has 1 aromatic rings. The summed E-state index contributed by atoms with van der Waals surface area (Å²) in [6, 6.07) is 5.21. The molecule has 0 heterocycles. The van der Waals surface area contributed by atoms with Crippen LogP contribution in [-0.4, -0.2) is 21.2 Å². The standard InChI is InChI=1S/C12H16N2O3S.Y/c1-9(2)14(8-15)12-5-4-11(6-10(12)3)7-13-18(16)17;/h4-6,9,13H,3,7H2,1-2H3,(H,16,17);/q-2;/p-1. The van der Waals surface area contributed by atoms with E-state index in [-0.39, 0.29) is 45.3 Å². The van der Waals surface area contributed by atoms with Gasteiger partial charge in [0, 0.05) is 50.5 Å². The minimum atomic E-state index is -2.29. The molecule has 1 unspecified atom stereocenters. The molecule has 1 N–H and O–H groups in total. The van der Waals surface area contributed by atoms with E-state index in [0.717, 1.165) is 5.56 Å². The molecular formula is C12H15N2O3SY-3. The molecule has 19 heavy (non-hydrogen) atoms. The monoisotopic (exact) mass is 356 g/mol. The summed E-state index contributed by atoms with van der Waals surface area (Å²) in [6.07, 6.45) is 1.86. The smallest absolute Gasteiger partial charge is 0.0721 e. The molecule has 0 aromatic heterocycles. The maximum Gasteiger partial charge on any atom is 0.0721 e. The quantitative estimate of drug-likeness (QED) is 0.470. The molecule has 7 heteroatoms. The van der Waals surface area contributed by atoms with Crippen LogP contribution in [0.3, 0.4) is 0 Å². The molecule has 0 aliphatic carbocycles. The average molecular weight is 356 g/mol. The molecule has 103 valence electrons. The molecule has 5 nitrogen and oxygen atoms in total. The normalized spacial score (nSPS) is 11.8. The predicted octanol–water partition coefficient (Wildman–Crippen LogP) is 1.03. The van der Waals surface area contributed by atoms with E-state index in [2.05, 4.69) is 11.6 Å². The molecule has 1 atom stereocenters. The first kappa shape index (κ1) is 18.7. The first-order valence-corrected chi connectivity index (χ1v) is 6.48. The van der Waals surface area contributed by atoms with E-state index in [4.69, 9.17) is 0 Å². The van der Waals surface area contributed by atoms with Crippen molar-refractivity contribution >= 4 is 23.4 Å². The van der Waals surface area contributed by atoms with Gasteiger partial charge in [-0.05, 0) is 19.9 Å². The SMILES string of the molecule is [CH2-]c1cc(CNS(=O)[O-])ccc1N([C-]=O)C(C)C.[Y]. The fourth-order valence-electron chi connectivity index (χ4n) is 1.56. The van der Waals surface area contributed by atoms with Crippen molar-refractivity contribution in [2.75, 3.05) is 4.90 Å². The maximum absolute atomic E-state index is 10.9. The van der Waals surface area contributed by atoms with Crippen molar-refractivity contribution in [2.24, 2.45) is 0 Å². The van der Waals surface area contributed by atoms with Crippen LogP contribution in [0, 0.1) is 6.92 Å². The molecule has 1 rings (SSSR count). The van der Waals surface area contributed by atoms with Crippen LogP contribution in [0.15, 0.2) is 18.2 Å². The number of carbonyl (C=O) groups excluding carboxylic acids is 1. The summed E-state index contributed by atoms with van der Waals surface area (Å²) >= 11 is -2.29. The second kappa shape index (κ2) is 8.82. The van der Waals surface area contributed by atoms with Crippen molar-refractivity contribution in [3.05, 3.63) is 36.2 Å². The number of hydrogen-bond donors (Lipinski definition) is 1. The number of anilines is 1. The van der Waals surface area contributed by atoms with E-state index in [9.17, 15) is 13.6 Å². The molecule has 1 radical (unpaired) electrons. The molecular weight excluding hydrogens is 341 g/mol. The molecule has 0 aliphatic heterocycles. The van der Waals surface area contributed by atoms with Crippen molar-refractivity contribution in [3.63, 3.8) is 0 Å². The van der Waals surface area contributed by atoms with Gasteiger partial charge < -0.3 is 14.2 Å². The maximum atomic E-state index is 10.9. The van der Waals surface area contributed by atoms with Crippen LogP contribution in [-0.2, 0) is 55.3 Å². The number of rotatable bonds is 6. The van der Waals surface area contributed by atoms with Gasteiger partial charge in [0.1, 0.15) is 0 Å². The fourth-order valence-corrected chi connectivity index (χ4v) is 1.84. The first-order valence-electron chi connectivity index (χ1n) is 5.40.